The molecule has 4 aliphatic rings. The minimum Gasteiger partial charge on any atom is -0.461 e. The van der Waals surface area contributed by atoms with Crippen LogP contribution in [0.2, 0.25) is 0 Å². The number of cyclic esters (lactones) is 1. The number of aliphatic hydroxyl groups excluding tert-OH is 2. The number of aliphatic hydroxyl groups is 3. The molecule has 22 atom stereocenters. The third-order valence-electron chi connectivity index (χ3n) is 15.1. The van der Waals surface area contributed by atoms with Crippen LogP contribution in [0.3, 0.4) is 0 Å². The number of hydrogen-bond donors (Lipinski definition) is 3. The number of methoxy groups -OCH3 is 2. The number of esters is 2. The van der Waals surface area contributed by atoms with Gasteiger partial charge in [0.15, 0.2) is 24.7 Å². The highest BCUT2D eigenvalue weighted by Gasteiger charge is 2.51. The Morgan fingerprint density at radius 1 is 0.822 bits per heavy atom. The molecule has 3 N–H and O–H groups in total. The van der Waals surface area contributed by atoms with E-state index in [0.29, 0.717) is 18.7 Å². The Labute approximate surface area is 436 Å². The fourth-order valence-corrected chi connectivity index (χ4v) is 11.4. The van der Waals surface area contributed by atoms with Crippen molar-refractivity contribution in [2.75, 3.05) is 41.0 Å². The standard InChI is InChI=1S/C54H96N2O17/c1-27(2)20-39(57)70-45-34(9)44(29(4)25-66-52-48(64-18)47(63-17)41(58)37(12)69-52)72-50(61)36(11)46(71-40-21-30(5)56(24-32(7)67-40)26-53(13,14)15)33(8)43(28(3)23-54(16,62)49(60)35(45)10)73-51-42(59)38(55-65-19)22-31(6)68-51/h27-37,40-48,51-52,58-59,62H,20-26H2,1-19H3/t28-,29-,30?,31+,32-,33+,34-,35+,36+,37+,40-,41+,42+,43-,44+,45+,46-,47+,48+,51-,52+,54-/m0/s1. The lowest BCUT2D eigenvalue weighted by molar-refractivity contribution is -0.305. The topological polar surface area (TPSA) is 229 Å². The molecule has 0 saturated carbocycles. The minimum absolute atomic E-state index is 0.00846. The third kappa shape index (κ3) is 16.8. The van der Waals surface area contributed by atoms with Gasteiger partial charge in [0.1, 0.15) is 49.3 Å². The maximum atomic E-state index is 15.3. The second-order valence-electron chi connectivity index (χ2n) is 23.9. The molecule has 4 heterocycles. The first-order valence-corrected chi connectivity index (χ1v) is 26.8. The van der Waals surface area contributed by atoms with Gasteiger partial charge in [-0.2, -0.15) is 0 Å². The van der Waals surface area contributed by atoms with Crippen LogP contribution in [0.15, 0.2) is 5.16 Å². The smallest absolute Gasteiger partial charge is 0.311 e. The fraction of sp³-hybridized carbons (Fsp3) is 0.926. The van der Waals surface area contributed by atoms with E-state index in [2.05, 4.69) is 37.8 Å². The van der Waals surface area contributed by atoms with Crippen molar-refractivity contribution in [1.82, 2.24) is 4.90 Å². The zero-order valence-electron chi connectivity index (χ0n) is 47.6. The van der Waals surface area contributed by atoms with Gasteiger partial charge in [0.2, 0.25) is 0 Å². The number of nitrogens with zero attached hydrogens (tertiary/aromatic N) is 2. The van der Waals surface area contributed by atoms with Gasteiger partial charge in [0, 0.05) is 70.4 Å². The zero-order chi connectivity index (χ0) is 55.0. The summed E-state index contributed by atoms with van der Waals surface area (Å²) < 4.78 is 63.7. The molecular formula is C54H96N2O17. The van der Waals surface area contributed by atoms with Crippen molar-refractivity contribution in [3.05, 3.63) is 0 Å². The lowest BCUT2D eigenvalue weighted by Gasteiger charge is -2.44. The van der Waals surface area contributed by atoms with Crippen LogP contribution < -0.4 is 0 Å². The average molecular weight is 1050 g/mol. The predicted octanol–water partition coefficient (Wildman–Crippen LogP) is 5.69. The van der Waals surface area contributed by atoms with Crippen molar-refractivity contribution >= 4 is 23.4 Å². The van der Waals surface area contributed by atoms with E-state index < -0.39 is 139 Å². The van der Waals surface area contributed by atoms with E-state index in [1.807, 2.05) is 48.5 Å². The molecule has 19 heteroatoms. The Bertz CT molecular complexity index is 1780. The molecule has 4 fully saturated rings. The maximum absolute atomic E-state index is 15.3. The molecule has 0 spiro atoms. The second kappa shape index (κ2) is 27.3. The molecule has 0 aromatic carbocycles. The van der Waals surface area contributed by atoms with Crippen LogP contribution in [0.25, 0.3) is 0 Å². The second-order valence-corrected chi connectivity index (χ2v) is 23.9. The van der Waals surface area contributed by atoms with Gasteiger partial charge < -0.3 is 67.5 Å². The predicted molar refractivity (Wildman–Crippen MR) is 271 cm³/mol. The molecule has 0 aromatic heterocycles. The van der Waals surface area contributed by atoms with Gasteiger partial charge in [-0.05, 0) is 65.2 Å². The van der Waals surface area contributed by atoms with Crippen LogP contribution in [0.1, 0.15) is 136 Å². The quantitative estimate of drug-likeness (QED) is 0.132. The molecule has 4 aliphatic heterocycles. The van der Waals surface area contributed by atoms with Crippen LogP contribution >= 0.6 is 0 Å². The number of ether oxygens (including phenoxy) is 10. The molecule has 4 saturated heterocycles. The highest BCUT2D eigenvalue weighted by atomic mass is 16.7. The maximum Gasteiger partial charge on any atom is 0.311 e. The van der Waals surface area contributed by atoms with Crippen LogP contribution in [-0.4, -0.2) is 182 Å². The van der Waals surface area contributed by atoms with Gasteiger partial charge in [-0.3, -0.25) is 19.3 Å². The average Bonchev–Trinajstić information content (AvgIpc) is 3.42. The summed E-state index contributed by atoms with van der Waals surface area (Å²) in [5, 5.41) is 39.1. The van der Waals surface area contributed by atoms with Gasteiger partial charge in [-0.25, -0.2) is 0 Å². The van der Waals surface area contributed by atoms with Crippen molar-refractivity contribution < 1.29 is 81.9 Å². The van der Waals surface area contributed by atoms with E-state index in [4.69, 9.17) is 52.2 Å². The SMILES string of the molecule is CON=C1C[C@@H](C)O[C@@H](O[C@@H]2[C@@H](C)[C@H](O[C@H]3CC(C)N(CC(C)(C)C)C[C@H](C)O3)[C@@H](C)C(=O)O[C@H]([C@@H](C)CO[C@@H]3O[C@H](C)[C@@H](O)[C@@H](OC)[C@H]3OC)[C@H](C)[C@@H](OC(=O)CC(C)C)[C@@H](C)C(=O)[C@@](C)(O)C[C@@H]2C)[C@@H]1O. The van der Waals surface area contributed by atoms with Gasteiger partial charge in [0.05, 0.1) is 54.7 Å². The fourth-order valence-electron chi connectivity index (χ4n) is 11.4. The molecule has 0 aliphatic carbocycles. The van der Waals surface area contributed by atoms with Gasteiger partial charge >= 0.3 is 11.9 Å². The third-order valence-corrected chi connectivity index (χ3v) is 15.1. The molecule has 19 nitrogen and oxygen atoms in total. The first-order valence-electron chi connectivity index (χ1n) is 26.8. The first kappa shape index (κ1) is 63.1. The molecule has 4 rings (SSSR count). The van der Waals surface area contributed by atoms with Gasteiger partial charge in [-0.15, -0.1) is 0 Å². The number of oxime groups is 1. The minimum atomic E-state index is -2.02. The molecule has 424 valence electrons. The summed E-state index contributed by atoms with van der Waals surface area (Å²) in [6.45, 7) is 31.5. The van der Waals surface area contributed by atoms with E-state index >= 15 is 4.79 Å². The number of rotatable bonds is 15. The summed E-state index contributed by atoms with van der Waals surface area (Å²) in [5.41, 5.74) is -1.69. The lowest BCUT2D eigenvalue weighted by Crippen LogP contribution is -2.59. The summed E-state index contributed by atoms with van der Waals surface area (Å²) in [4.78, 5) is 51.4. The van der Waals surface area contributed by atoms with Crippen LogP contribution in [0.4, 0.5) is 0 Å². The molecule has 73 heavy (non-hydrogen) atoms. The van der Waals surface area contributed by atoms with E-state index in [1.54, 1.807) is 27.7 Å². The Hall–Kier alpha value is -2.40. The van der Waals surface area contributed by atoms with Gasteiger partial charge in [0.25, 0.3) is 0 Å². The Morgan fingerprint density at radius 2 is 1.47 bits per heavy atom. The summed E-state index contributed by atoms with van der Waals surface area (Å²) >= 11 is 0. The van der Waals surface area contributed by atoms with Crippen LogP contribution in [0.5, 0.6) is 0 Å². The molecule has 0 radical (unpaired) electrons. The monoisotopic (exact) mass is 1040 g/mol. The van der Waals surface area contributed by atoms with Crippen molar-refractivity contribution in [3.63, 3.8) is 0 Å². The Balaban J connectivity index is 1.89. The lowest BCUT2D eigenvalue weighted by atomic mass is 9.74. The van der Waals surface area contributed by atoms with E-state index in [9.17, 15) is 24.9 Å². The number of carbonyl (C=O) groups is 3. The molecular weight excluding hydrogens is 949 g/mol. The Morgan fingerprint density at radius 3 is 2.05 bits per heavy atom. The summed E-state index contributed by atoms with van der Waals surface area (Å²) in [5.74, 6) is -6.88. The molecule has 0 aromatic rings. The van der Waals surface area contributed by atoms with E-state index in [0.717, 1.165) is 6.54 Å². The molecule has 1 unspecified atom stereocenters. The van der Waals surface area contributed by atoms with Gasteiger partial charge in [-0.1, -0.05) is 74.4 Å². The number of carbonyl (C=O) groups excluding carboxylic acids is 3. The van der Waals surface area contributed by atoms with Crippen molar-refractivity contribution in [2.24, 2.45) is 52.0 Å². The van der Waals surface area contributed by atoms with Crippen molar-refractivity contribution in [2.45, 2.75) is 234 Å². The highest BCUT2D eigenvalue weighted by Crippen LogP contribution is 2.40. The van der Waals surface area contributed by atoms with E-state index in [-0.39, 0.29) is 49.3 Å². The number of hydrogen-bond acceptors (Lipinski definition) is 19. The molecule has 0 amide bonds. The number of ketones is 1. The normalized spacial score (nSPS) is 42.2. The first-order chi connectivity index (χ1) is 33.9. The van der Waals surface area contributed by atoms with Crippen molar-refractivity contribution in [1.29, 1.82) is 0 Å². The number of Topliss-reactive ketones (excluding diaryl/α,β-unsaturated/α-hetero) is 1. The summed E-state index contributed by atoms with van der Waals surface area (Å²) in [6, 6.07) is 0.0303. The van der Waals surface area contributed by atoms with Crippen LogP contribution in [-0.2, 0) is 66.6 Å². The van der Waals surface area contributed by atoms with E-state index in [1.165, 1.54) is 28.3 Å². The molecule has 0 bridgehead atoms. The summed E-state index contributed by atoms with van der Waals surface area (Å²) in [7, 11) is 4.32. The summed E-state index contributed by atoms with van der Waals surface area (Å²) in [6.07, 6.45) is -11.9. The highest BCUT2D eigenvalue weighted by molar-refractivity contribution is 5.90. The van der Waals surface area contributed by atoms with Crippen LogP contribution in [0, 0.1) is 46.8 Å². The Kier molecular flexibility index (Phi) is 23.6. The largest absolute Gasteiger partial charge is 0.461 e. The zero-order valence-corrected chi connectivity index (χ0v) is 47.6. The van der Waals surface area contributed by atoms with Crippen molar-refractivity contribution in [3.8, 4) is 0 Å².